The summed E-state index contributed by atoms with van der Waals surface area (Å²) in [5, 5.41) is 11.6. The number of fused-ring (bicyclic) bond motifs is 2. The second kappa shape index (κ2) is 9.91. The van der Waals surface area contributed by atoms with Crippen LogP contribution in [0.15, 0.2) is 78.9 Å². The number of rotatable bonds is 6. The molecule has 0 radical (unpaired) electrons. The summed E-state index contributed by atoms with van der Waals surface area (Å²) in [5.74, 6) is -1.13. The van der Waals surface area contributed by atoms with Gasteiger partial charge in [0.2, 0.25) is 0 Å². The van der Waals surface area contributed by atoms with Crippen LogP contribution < -0.4 is 0 Å². The van der Waals surface area contributed by atoms with E-state index in [0.717, 1.165) is 44.2 Å². The summed E-state index contributed by atoms with van der Waals surface area (Å²) in [5.41, 5.74) is 4.75. The van der Waals surface area contributed by atoms with E-state index in [0.29, 0.717) is 5.56 Å². The number of nitrogens with zero attached hydrogens (tertiary/aromatic N) is 1. The molecule has 5 rings (SSSR count). The summed E-state index contributed by atoms with van der Waals surface area (Å²) < 4.78 is 10.9. The predicted octanol–water partition coefficient (Wildman–Crippen LogP) is 6.26. The van der Waals surface area contributed by atoms with Crippen LogP contribution in [-0.4, -0.2) is 25.2 Å². The van der Waals surface area contributed by atoms with Crippen molar-refractivity contribution >= 4 is 22.7 Å². The van der Waals surface area contributed by atoms with Crippen LogP contribution in [-0.2, 0) is 31.9 Å². The van der Waals surface area contributed by atoms with Crippen LogP contribution in [0.2, 0.25) is 0 Å². The average Bonchev–Trinajstić information content (AvgIpc) is 3.34. The molecule has 0 spiro atoms. The predicted molar refractivity (Wildman–Crippen MR) is 143 cm³/mol. The minimum Gasteiger partial charge on any atom is -0.465 e. The molecule has 0 aliphatic heterocycles. The molecule has 4 aromatic carbocycles. The Morgan fingerprint density at radius 1 is 0.757 bits per heavy atom. The highest BCUT2D eigenvalue weighted by molar-refractivity contribution is 6.11. The van der Waals surface area contributed by atoms with Crippen molar-refractivity contribution in [2.75, 3.05) is 13.2 Å². The maximum atomic E-state index is 13.5. The summed E-state index contributed by atoms with van der Waals surface area (Å²) in [7, 11) is 0. The molecule has 184 valence electrons. The Balaban J connectivity index is 1.91. The van der Waals surface area contributed by atoms with Gasteiger partial charge >= 0.3 is 11.9 Å². The standard InChI is InChI=1S/C32H27NO4/c1-3-36-30(34)32(31(35)37-4-2)18-26-27(19-32)29(23-13-9-6-10-14-23)25-17-21(20-33)15-16-24(25)28(26)22-11-7-5-8-12-22/h5-17H,3-4,18-19H2,1-2H3. The van der Waals surface area contributed by atoms with Gasteiger partial charge in [-0.3, -0.25) is 9.59 Å². The zero-order valence-electron chi connectivity index (χ0n) is 20.9. The highest BCUT2D eigenvalue weighted by atomic mass is 16.6. The second-order valence-electron chi connectivity index (χ2n) is 9.19. The van der Waals surface area contributed by atoms with Crippen molar-refractivity contribution in [3.05, 3.63) is 95.6 Å². The SMILES string of the molecule is CCOC(=O)C1(C(=O)OCC)Cc2c(c(-c3ccccc3)c3cc(C#N)ccc3c2-c2ccccc2)C1. The van der Waals surface area contributed by atoms with Gasteiger partial charge in [0.15, 0.2) is 5.41 Å². The summed E-state index contributed by atoms with van der Waals surface area (Å²) in [6.45, 7) is 3.81. The molecule has 1 aliphatic carbocycles. The number of hydrogen-bond acceptors (Lipinski definition) is 5. The highest BCUT2D eigenvalue weighted by Gasteiger charge is 2.54. The first-order chi connectivity index (χ1) is 18.0. The quantitative estimate of drug-likeness (QED) is 0.236. The van der Waals surface area contributed by atoms with E-state index in [1.807, 2.05) is 78.9 Å². The number of hydrogen-bond donors (Lipinski definition) is 0. The number of esters is 2. The minimum atomic E-state index is -1.48. The lowest BCUT2D eigenvalue weighted by Gasteiger charge is -2.24. The Kier molecular flexibility index (Phi) is 6.50. The maximum Gasteiger partial charge on any atom is 0.324 e. The molecule has 5 nitrogen and oxygen atoms in total. The zero-order chi connectivity index (χ0) is 26.0. The first-order valence-electron chi connectivity index (χ1n) is 12.5. The first kappa shape index (κ1) is 24.3. The monoisotopic (exact) mass is 489 g/mol. The van der Waals surface area contributed by atoms with Gasteiger partial charge in [-0.25, -0.2) is 0 Å². The molecule has 0 heterocycles. The summed E-state index contributed by atoms with van der Waals surface area (Å²) in [4.78, 5) is 27.0. The normalized spacial score (nSPS) is 13.5. The van der Waals surface area contributed by atoms with Gasteiger partial charge < -0.3 is 9.47 Å². The van der Waals surface area contributed by atoms with Crippen LogP contribution in [0.4, 0.5) is 0 Å². The average molecular weight is 490 g/mol. The van der Waals surface area contributed by atoms with Crippen molar-refractivity contribution in [1.82, 2.24) is 0 Å². The third-order valence-electron chi connectivity index (χ3n) is 7.07. The smallest absolute Gasteiger partial charge is 0.324 e. The molecule has 0 unspecified atom stereocenters. The number of nitriles is 1. The number of carbonyl (C=O) groups excluding carboxylic acids is 2. The molecule has 1 aliphatic rings. The first-order valence-corrected chi connectivity index (χ1v) is 12.5. The number of ether oxygens (including phenoxy) is 2. The molecule has 0 saturated carbocycles. The molecule has 0 bridgehead atoms. The van der Waals surface area contributed by atoms with E-state index in [2.05, 4.69) is 6.07 Å². The van der Waals surface area contributed by atoms with Gasteiger partial charge in [0, 0.05) is 12.8 Å². The lowest BCUT2D eigenvalue weighted by Crippen LogP contribution is -2.43. The Morgan fingerprint density at radius 2 is 1.24 bits per heavy atom. The molecule has 0 amide bonds. The van der Waals surface area contributed by atoms with Crippen LogP contribution in [0.3, 0.4) is 0 Å². The fourth-order valence-corrected chi connectivity index (χ4v) is 5.50. The second-order valence-corrected chi connectivity index (χ2v) is 9.19. The van der Waals surface area contributed by atoms with Crippen molar-refractivity contribution in [2.24, 2.45) is 5.41 Å². The van der Waals surface area contributed by atoms with E-state index >= 15 is 0 Å². The van der Waals surface area contributed by atoms with Crippen molar-refractivity contribution < 1.29 is 19.1 Å². The zero-order valence-corrected chi connectivity index (χ0v) is 20.9. The van der Waals surface area contributed by atoms with E-state index in [9.17, 15) is 14.9 Å². The lowest BCUT2D eigenvalue weighted by molar-refractivity contribution is -0.171. The van der Waals surface area contributed by atoms with E-state index in [-0.39, 0.29) is 26.1 Å². The van der Waals surface area contributed by atoms with Gasteiger partial charge in [-0.15, -0.1) is 0 Å². The molecular weight excluding hydrogens is 462 g/mol. The van der Waals surface area contributed by atoms with Crippen LogP contribution in [0.25, 0.3) is 33.0 Å². The fraction of sp³-hybridized carbons (Fsp3) is 0.219. The van der Waals surface area contributed by atoms with Crippen LogP contribution in [0, 0.1) is 16.7 Å². The Labute approximate surface area is 216 Å². The largest absolute Gasteiger partial charge is 0.465 e. The van der Waals surface area contributed by atoms with Gasteiger partial charge in [0.25, 0.3) is 0 Å². The minimum absolute atomic E-state index is 0.163. The molecule has 0 N–H and O–H groups in total. The maximum absolute atomic E-state index is 13.5. The lowest BCUT2D eigenvalue weighted by atomic mass is 9.84. The van der Waals surface area contributed by atoms with Gasteiger partial charge in [-0.2, -0.15) is 5.26 Å². The summed E-state index contributed by atoms with van der Waals surface area (Å²) in [6.07, 6.45) is 0.344. The van der Waals surface area contributed by atoms with E-state index in [1.54, 1.807) is 13.8 Å². The van der Waals surface area contributed by atoms with Gasteiger partial charge in [-0.1, -0.05) is 66.7 Å². The summed E-state index contributed by atoms with van der Waals surface area (Å²) in [6, 6.07) is 27.8. The highest BCUT2D eigenvalue weighted by Crippen LogP contribution is 2.51. The van der Waals surface area contributed by atoms with Crippen LogP contribution in [0.5, 0.6) is 0 Å². The Hall–Kier alpha value is -4.43. The molecule has 0 atom stereocenters. The topological polar surface area (TPSA) is 76.4 Å². The van der Waals surface area contributed by atoms with Crippen molar-refractivity contribution in [2.45, 2.75) is 26.7 Å². The van der Waals surface area contributed by atoms with Gasteiger partial charge in [-0.05, 0) is 70.1 Å². The van der Waals surface area contributed by atoms with Crippen LogP contribution in [0.1, 0.15) is 30.5 Å². The molecule has 4 aromatic rings. The Bertz CT molecular complexity index is 1520. The number of carbonyl (C=O) groups is 2. The third-order valence-corrected chi connectivity index (χ3v) is 7.07. The van der Waals surface area contributed by atoms with E-state index in [4.69, 9.17) is 9.47 Å². The van der Waals surface area contributed by atoms with Gasteiger partial charge in [0.1, 0.15) is 0 Å². The molecule has 0 aromatic heterocycles. The third kappa shape index (κ3) is 4.05. The molecular formula is C32H27NO4. The molecule has 5 heteroatoms. The van der Waals surface area contributed by atoms with Gasteiger partial charge in [0.05, 0.1) is 24.8 Å². The number of benzene rings is 4. The van der Waals surface area contributed by atoms with E-state index in [1.165, 1.54) is 0 Å². The van der Waals surface area contributed by atoms with Crippen molar-refractivity contribution in [3.63, 3.8) is 0 Å². The van der Waals surface area contributed by atoms with Crippen molar-refractivity contribution in [3.8, 4) is 28.3 Å². The van der Waals surface area contributed by atoms with E-state index < -0.39 is 17.4 Å². The molecule has 37 heavy (non-hydrogen) atoms. The molecule has 0 fully saturated rings. The Morgan fingerprint density at radius 3 is 1.70 bits per heavy atom. The van der Waals surface area contributed by atoms with Crippen molar-refractivity contribution in [1.29, 1.82) is 5.26 Å². The molecule has 0 saturated heterocycles. The fourth-order valence-electron chi connectivity index (χ4n) is 5.50. The summed E-state index contributed by atoms with van der Waals surface area (Å²) >= 11 is 0. The van der Waals surface area contributed by atoms with Crippen LogP contribution >= 0.6 is 0 Å².